The fraction of sp³-hybridized carbons (Fsp3) is 0.524. The SMILES string of the molecule is C=C1CCCC/C=C2/CCC/C2=C/1NC(=O)NS(=O)(=O)c1cc(C(C)C)n(C)n1. The van der Waals surface area contributed by atoms with E-state index in [1.807, 2.05) is 13.8 Å². The van der Waals surface area contributed by atoms with Crippen molar-refractivity contribution in [1.29, 1.82) is 0 Å². The van der Waals surface area contributed by atoms with Crippen molar-refractivity contribution in [2.24, 2.45) is 7.05 Å². The number of sulfonamides is 1. The highest BCUT2D eigenvalue weighted by molar-refractivity contribution is 7.90. The molecule has 0 atom stereocenters. The van der Waals surface area contributed by atoms with E-state index in [1.54, 1.807) is 7.05 Å². The molecule has 0 unspecified atom stereocenters. The number of carbonyl (C=O) groups excluding carboxylic acids is 1. The molecule has 8 heteroatoms. The molecule has 0 saturated heterocycles. The Balaban J connectivity index is 1.82. The van der Waals surface area contributed by atoms with E-state index in [9.17, 15) is 13.2 Å². The van der Waals surface area contributed by atoms with Gasteiger partial charge >= 0.3 is 6.03 Å². The van der Waals surface area contributed by atoms with Crippen LogP contribution >= 0.6 is 0 Å². The first-order valence-electron chi connectivity index (χ1n) is 10.2. The van der Waals surface area contributed by atoms with E-state index in [4.69, 9.17) is 0 Å². The topological polar surface area (TPSA) is 93.1 Å². The van der Waals surface area contributed by atoms with Gasteiger partial charge in [0.15, 0.2) is 5.03 Å². The summed E-state index contributed by atoms with van der Waals surface area (Å²) in [6.07, 6.45) is 9.02. The molecule has 1 aromatic rings. The number of hydrogen-bond donors (Lipinski definition) is 2. The molecule has 1 saturated carbocycles. The third-order valence-corrected chi connectivity index (χ3v) is 6.67. The molecular weight excluding hydrogens is 388 g/mol. The predicted molar refractivity (Wildman–Crippen MR) is 113 cm³/mol. The number of nitrogens with zero attached hydrogens (tertiary/aromatic N) is 2. The lowest BCUT2D eigenvalue weighted by Gasteiger charge is -2.16. The van der Waals surface area contributed by atoms with Gasteiger partial charge in [0.05, 0.1) is 0 Å². The Labute approximate surface area is 173 Å². The number of carbonyl (C=O) groups is 1. The number of hydrogen-bond acceptors (Lipinski definition) is 4. The Kier molecular flexibility index (Phi) is 6.31. The molecule has 2 aliphatic rings. The molecule has 2 aliphatic carbocycles. The number of urea groups is 1. The highest BCUT2D eigenvalue weighted by Crippen LogP contribution is 2.36. The number of fused-ring (bicyclic) bond motifs is 1. The van der Waals surface area contributed by atoms with Gasteiger partial charge in [-0.1, -0.05) is 26.5 Å². The van der Waals surface area contributed by atoms with Crippen LogP contribution in [0, 0.1) is 0 Å². The standard InChI is InChI=1S/C21H30N4O3S/c1-14(2)18-13-19(23-25(18)4)29(27,28)24-21(26)22-20-15(3)9-6-5-7-10-16-11-8-12-17(16)20/h10,13-14H,3,5-9,11-12H2,1-2,4H3,(H2,22,24,26)/b16-10-,20-17+. The van der Waals surface area contributed by atoms with E-state index < -0.39 is 16.1 Å². The normalized spacial score (nSPS) is 22.3. The van der Waals surface area contributed by atoms with Crippen molar-refractivity contribution >= 4 is 16.1 Å². The number of aryl methyl sites for hydroxylation is 1. The molecule has 0 bridgehead atoms. The maximum Gasteiger partial charge on any atom is 0.333 e. The molecule has 0 radical (unpaired) electrons. The summed E-state index contributed by atoms with van der Waals surface area (Å²) >= 11 is 0. The minimum absolute atomic E-state index is 0.118. The molecule has 7 nitrogen and oxygen atoms in total. The Bertz CT molecular complexity index is 984. The third-order valence-electron chi connectivity index (χ3n) is 5.47. The minimum atomic E-state index is -4.07. The van der Waals surface area contributed by atoms with Crippen LogP contribution in [0.5, 0.6) is 0 Å². The van der Waals surface area contributed by atoms with Crippen LogP contribution in [-0.2, 0) is 17.1 Å². The van der Waals surface area contributed by atoms with Gasteiger partial charge in [-0.05, 0) is 67.6 Å². The number of nitrogens with one attached hydrogen (secondary N) is 2. The Morgan fingerprint density at radius 3 is 2.66 bits per heavy atom. The van der Waals surface area contributed by atoms with Crippen molar-refractivity contribution < 1.29 is 13.2 Å². The van der Waals surface area contributed by atoms with Gasteiger partial charge in [0, 0.05) is 24.5 Å². The number of aromatic nitrogens is 2. The second kappa shape index (κ2) is 8.57. The summed E-state index contributed by atoms with van der Waals surface area (Å²) in [5.41, 5.74) is 4.64. The molecule has 1 heterocycles. The first-order valence-corrected chi connectivity index (χ1v) is 11.7. The fourth-order valence-corrected chi connectivity index (χ4v) is 4.88. The number of amides is 2. The molecular formula is C21H30N4O3S. The first-order chi connectivity index (χ1) is 13.7. The second-order valence-corrected chi connectivity index (χ2v) is 9.66. The van der Waals surface area contributed by atoms with Crippen molar-refractivity contribution in [3.05, 3.63) is 46.8 Å². The summed E-state index contributed by atoms with van der Waals surface area (Å²) < 4.78 is 29.0. The van der Waals surface area contributed by atoms with Crippen LogP contribution in [0.4, 0.5) is 4.79 Å². The summed E-state index contributed by atoms with van der Waals surface area (Å²) in [7, 11) is -2.38. The maximum atomic E-state index is 12.7. The Morgan fingerprint density at radius 2 is 1.97 bits per heavy atom. The lowest BCUT2D eigenvalue weighted by Crippen LogP contribution is -2.39. The smallest absolute Gasteiger partial charge is 0.307 e. The van der Waals surface area contributed by atoms with Crippen LogP contribution in [0.25, 0.3) is 0 Å². The van der Waals surface area contributed by atoms with Crippen LogP contribution < -0.4 is 10.0 Å². The zero-order chi connectivity index (χ0) is 21.2. The van der Waals surface area contributed by atoms with Crippen molar-refractivity contribution in [2.75, 3.05) is 0 Å². The quantitative estimate of drug-likeness (QED) is 0.772. The molecule has 158 valence electrons. The van der Waals surface area contributed by atoms with Crippen molar-refractivity contribution in [3.63, 3.8) is 0 Å². The van der Waals surface area contributed by atoms with Gasteiger partial charge in [-0.25, -0.2) is 9.52 Å². The molecule has 0 aromatic carbocycles. The van der Waals surface area contributed by atoms with Gasteiger partial charge in [0.1, 0.15) is 0 Å². The molecule has 0 aliphatic heterocycles. The average Bonchev–Trinajstić information content (AvgIpc) is 3.25. The summed E-state index contributed by atoms with van der Waals surface area (Å²) in [6.45, 7) is 8.06. The van der Waals surface area contributed by atoms with Crippen molar-refractivity contribution in [2.45, 2.75) is 69.7 Å². The van der Waals surface area contributed by atoms with Crippen molar-refractivity contribution in [1.82, 2.24) is 19.8 Å². The van der Waals surface area contributed by atoms with E-state index in [2.05, 4.69) is 27.8 Å². The summed E-state index contributed by atoms with van der Waals surface area (Å²) in [6, 6.07) is 0.717. The van der Waals surface area contributed by atoms with Crippen LogP contribution in [-0.4, -0.2) is 24.2 Å². The van der Waals surface area contributed by atoms with Crippen molar-refractivity contribution in [3.8, 4) is 0 Å². The lowest BCUT2D eigenvalue weighted by molar-refractivity contribution is 0.248. The van der Waals surface area contributed by atoms with Crippen LogP contribution in [0.1, 0.15) is 70.4 Å². The van der Waals surface area contributed by atoms with Gasteiger partial charge in [-0.15, -0.1) is 0 Å². The average molecular weight is 419 g/mol. The zero-order valence-electron chi connectivity index (χ0n) is 17.4. The van der Waals surface area contributed by atoms with Crippen LogP contribution in [0.2, 0.25) is 0 Å². The lowest BCUT2D eigenvalue weighted by atomic mass is 10.0. The van der Waals surface area contributed by atoms with Gasteiger partial charge in [0.25, 0.3) is 10.0 Å². The molecule has 1 aromatic heterocycles. The largest absolute Gasteiger partial charge is 0.333 e. The fourth-order valence-electron chi connectivity index (χ4n) is 3.98. The van der Waals surface area contributed by atoms with Gasteiger partial charge < -0.3 is 5.32 Å². The Hall–Kier alpha value is -2.35. The molecule has 29 heavy (non-hydrogen) atoms. The van der Waals surface area contributed by atoms with E-state index in [0.717, 1.165) is 61.8 Å². The van der Waals surface area contributed by atoms with Gasteiger partial charge in [-0.3, -0.25) is 4.68 Å². The van der Waals surface area contributed by atoms with E-state index in [-0.39, 0.29) is 10.9 Å². The second-order valence-electron chi connectivity index (χ2n) is 8.03. The van der Waals surface area contributed by atoms with Crippen LogP contribution in [0.3, 0.4) is 0 Å². The molecule has 2 N–H and O–H groups in total. The van der Waals surface area contributed by atoms with E-state index in [0.29, 0.717) is 5.70 Å². The molecule has 2 amide bonds. The number of allylic oxidation sites excluding steroid dienone is 4. The third kappa shape index (κ3) is 4.80. The number of rotatable bonds is 4. The molecule has 3 rings (SSSR count). The first kappa shape index (κ1) is 21.4. The highest BCUT2D eigenvalue weighted by Gasteiger charge is 2.26. The zero-order valence-corrected chi connectivity index (χ0v) is 18.2. The highest BCUT2D eigenvalue weighted by atomic mass is 32.2. The maximum absolute atomic E-state index is 12.7. The summed E-state index contributed by atoms with van der Waals surface area (Å²) in [4.78, 5) is 12.6. The van der Waals surface area contributed by atoms with Gasteiger partial charge in [0.2, 0.25) is 0 Å². The summed E-state index contributed by atoms with van der Waals surface area (Å²) in [5.74, 6) is 0.118. The molecule has 1 fully saturated rings. The summed E-state index contributed by atoms with van der Waals surface area (Å²) in [5, 5.41) is 6.68. The van der Waals surface area contributed by atoms with Crippen LogP contribution in [0.15, 0.2) is 46.2 Å². The van der Waals surface area contributed by atoms with E-state index in [1.165, 1.54) is 16.3 Å². The van der Waals surface area contributed by atoms with Gasteiger partial charge in [-0.2, -0.15) is 13.5 Å². The van der Waals surface area contributed by atoms with E-state index >= 15 is 0 Å². The molecule has 0 spiro atoms. The monoisotopic (exact) mass is 418 g/mol. The predicted octanol–water partition coefficient (Wildman–Crippen LogP) is 4.03. The minimum Gasteiger partial charge on any atom is -0.307 e. The Morgan fingerprint density at radius 1 is 1.21 bits per heavy atom.